The lowest BCUT2D eigenvalue weighted by atomic mass is 9.97. The lowest BCUT2D eigenvalue weighted by Gasteiger charge is -2.13. The number of hydrogen-bond donors (Lipinski definition) is 1. The third-order valence-electron chi connectivity index (χ3n) is 3.92. The van der Waals surface area contributed by atoms with Gasteiger partial charge in [0.2, 0.25) is 5.91 Å². The smallest absolute Gasteiger partial charge is 0.224 e. The quantitative estimate of drug-likeness (QED) is 0.721. The Balaban J connectivity index is 1.74. The van der Waals surface area contributed by atoms with E-state index in [4.69, 9.17) is 0 Å². The number of rotatable bonds is 4. The molecular weight excluding hydrogens is 270 g/mol. The SMILES string of the molecule is C[C@@H](CC(=O)Nc1cccc2ccccc12)c1ccccc1. The molecule has 22 heavy (non-hydrogen) atoms. The number of fused-ring (bicyclic) bond motifs is 1. The van der Waals surface area contributed by atoms with E-state index < -0.39 is 0 Å². The minimum absolute atomic E-state index is 0.0488. The van der Waals surface area contributed by atoms with Crippen LogP contribution in [0.25, 0.3) is 10.8 Å². The maximum absolute atomic E-state index is 12.3. The molecule has 0 aliphatic heterocycles. The molecule has 1 atom stereocenters. The molecule has 0 unspecified atom stereocenters. The van der Waals surface area contributed by atoms with Gasteiger partial charge in [0.05, 0.1) is 0 Å². The van der Waals surface area contributed by atoms with Crippen LogP contribution in [0.15, 0.2) is 72.8 Å². The number of nitrogens with one attached hydrogen (secondary N) is 1. The number of carbonyl (C=O) groups is 1. The van der Waals surface area contributed by atoms with Crippen molar-refractivity contribution < 1.29 is 4.79 Å². The molecule has 0 fully saturated rings. The molecule has 110 valence electrons. The minimum Gasteiger partial charge on any atom is -0.325 e. The van der Waals surface area contributed by atoms with E-state index in [0.717, 1.165) is 16.5 Å². The first-order chi connectivity index (χ1) is 10.7. The molecule has 0 bridgehead atoms. The third-order valence-corrected chi connectivity index (χ3v) is 3.92. The van der Waals surface area contributed by atoms with E-state index in [1.54, 1.807) is 0 Å². The topological polar surface area (TPSA) is 29.1 Å². The maximum atomic E-state index is 12.3. The highest BCUT2D eigenvalue weighted by atomic mass is 16.1. The molecule has 2 heteroatoms. The number of hydrogen-bond acceptors (Lipinski definition) is 1. The average Bonchev–Trinajstić information content (AvgIpc) is 2.56. The van der Waals surface area contributed by atoms with Crippen LogP contribution >= 0.6 is 0 Å². The van der Waals surface area contributed by atoms with Gasteiger partial charge in [-0.05, 0) is 22.9 Å². The summed E-state index contributed by atoms with van der Waals surface area (Å²) in [4.78, 5) is 12.3. The van der Waals surface area contributed by atoms with Gasteiger partial charge in [-0.2, -0.15) is 0 Å². The highest BCUT2D eigenvalue weighted by Gasteiger charge is 2.12. The lowest BCUT2D eigenvalue weighted by Crippen LogP contribution is -2.14. The first kappa shape index (κ1) is 14.3. The number of benzene rings is 3. The van der Waals surface area contributed by atoms with E-state index in [1.807, 2.05) is 48.5 Å². The molecule has 0 aromatic heterocycles. The van der Waals surface area contributed by atoms with Gasteiger partial charge in [0.25, 0.3) is 0 Å². The van der Waals surface area contributed by atoms with Crippen LogP contribution in [-0.2, 0) is 4.79 Å². The summed E-state index contributed by atoms with van der Waals surface area (Å²) in [5, 5.41) is 5.26. The van der Waals surface area contributed by atoms with Crippen molar-refractivity contribution in [1.82, 2.24) is 0 Å². The highest BCUT2D eigenvalue weighted by molar-refractivity contribution is 6.02. The Kier molecular flexibility index (Phi) is 4.19. The Hall–Kier alpha value is -2.61. The Bertz CT molecular complexity index is 775. The van der Waals surface area contributed by atoms with Crippen LogP contribution < -0.4 is 5.32 Å². The van der Waals surface area contributed by atoms with Gasteiger partial charge in [-0.15, -0.1) is 0 Å². The van der Waals surface area contributed by atoms with Gasteiger partial charge >= 0.3 is 0 Å². The van der Waals surface area contributed by atoms with Gasteiger partial charge in [-0.25, -0.2) is 0 Å². The average molecular weight is 289 g/mol. The molecular formula is C20H19NO. The maximum Gasteiger partial charge on any atom is 0.224 e. The number of anilines is 1. The number of carbonyl (C=O) groups excluding carboxylic acids is 1. The molecule has 0 saturated carbocycles. The zero-order valence-electron chi connectivity index (χ0n) is 12.6. The van der Waals surface area contributed by atoms with Crippen molar-refractivity contribution in [2.45, 2.75) is 19.3 Å². The Morgan fingerprint density at radius 3 is 2.41 bits per heavy atom. The van der Waals surface area contributed by atoms with Crippen LogP contribution in [0, 0.1) is 0 Å². The molecule has 0 spiro atoms. The largest absolute Gasteiger partial charge is 0.325 e. The summed E-state index contributed by atoms with van der Waals surface area (Å²) in [5.74, 6) is 0.254. The van der Waals surface area contributed by atoms with Crippen molar-refractivity contribution in [3.05, 3.63) is 78.4 Å². The van der Waals surface area contributed by atoms with Crippen LogP contribution in [-0.4, -0.2) is 5.91 Å². The van der Waals surface area contributed by atoms with Crippen molar-refractivity contribution in [2.75, 3.05) is 5.32 Å². The molecule has 0 saturated heterocycles. The van der Waals surface area contributed by atoms with Crippen molar-refractivity contribution in [3.8, 4) is 0 Å². The molecule has 3 aromatic carbocycles. The van der Waals surface area contributed by atoms with Crippen LogP contribution in [0.2, 0.25) is 0 Å². The van der Waals surface area contributed by atoms with Gasteiger partial charge in [0.15, 0.2) is 0 Å². The summed E-state index contributed by atoms with van der Waals surface area (Å²) in [5.41, 5.74) is 2.07. The number of amides is 1. The van der Waals surface area contributed by atoms with Crippen LogP contribution in [0.5, 0.6) is 0 Å². The first-order valence-electron chi connectivity index (χ1n) is 7.56. The van der Waals surface area contributed by atoms with Crippen molar-refractivity contribution in [1.29, 1.82) is 0 Å². The van der Waals surface area contributed by atoms with Gasteiger partial charge in [0, 0.05) is 17.5 Å². The monoisotopic (exact) mass is 289 g/mol. The van der Waals surface area contributed by atoms with E-state index in [-0.39, 0.29) is 11.8 Å². The van der Waals surface area contributed by atoms with E-state index in [0.29, 0.717) is 6.42 Å². The molecule has 3 rings (SSSR count). The molecule has 3 aromatic rings. The van der Waals surface area contributed by atoms with Gasteiger partial charge in [-0.3, -0.25) is 4.79 Å². The fraction of sp³-hybridized carbons (Fsp3) is 0.150. The molecule has 1 N–H and O–H groups in total. The summed E-state index contributed by atoms with van der Waals surface area (Å²) < 4.78 is 0. The standard InChI is InChI=1S/C20H19NO/c1-15(16-8-3-2-4-9-16)14-20(22)21-19-13-7-11-17-10-5-6-12-18(17)19/h2-13,15H,14H2,1H3,(H,21,22)/t15-/m0/s1. The summed E-state index contributed by atoms with van der Waals surface area (Å²) >= 11 is 0. The molecule has 1 amide bonds. The summed E-state index contributed by atoms with van der Waals surface area (Å²) in [7, 11) is 0. The van der Waals surface area contributed by atoms with E-state index in [2.05, 4.69) is 36.5 Å². The lowest BCUT2D eigenvalue weighted by molar-refractivity contribution is -0.116. The zero-order valence-corrected chi connectivity index (χ0v) is 12.6. The van der Waals surface area contributed by atoms with Crippen molar-refractivity contribution in [3.63, 3.8) is 0 Å². The van der Waals surface area contributed by atoms with E-state index in [9.17, 15) is 4.79 Å². The summed E-state index contributed by atoms with van der Waals surface area (Å²) in [6.45, 7) is 2.08. The Labute approximate surface area is 130 Å². The second kappa shape index (κ2) is 6.44. The Morgan fingerprint density at radius 2 is 1.59 bits per heavy atom. The first-order valence-corrected chi connectivity index (χ1v) is 7.56. The molecule has 0 heterocycles. The molecule has 0 aliphatic carbocycles. The predicted octanol–water partition coefficient (Wildman–Crippen LogP) is 4.97. The van der Waals surface area contributed by atoms with Crippen molar-refractivity contribution in [2.24, 2.45) is 0 Å². The van der Waals surface area contributed by atoms with Crippen LogP contribution in [0.3, 0.4) is 0 Å². The van der Waals surface area contributed by atoms with Crippen LogP contribution in [0.1, 0.15) is 24.8 Å². The summed E-state index contributed by atoms with van der Waals surface area (Å²) in [6, 6.07) is 24.2. The minimum atomic E-state index is 0.0488. The summed E-state index contributed by atoms with van der Waals surface area (Å²) in [6.07, 6.45) is 0.479. The van der Waals surface area contributed by atoms with Gasteiger partial charge < -0.3 is 5.32 Å². The van der Waals surface area contributed by atoms with Crippen molar-refractivity contribution >= 4 is 22.4 Å². The molecule has 0 radical (unpaired) electrons. The van der Waals surface area contributed by atoms with Gasteiger partial charge in [-0.1, -0.05) is 73.7 Å². The fourth-order valence-corrected chi connectivity index (χ4v) is 2.71. The zero-order chi connectivity index (χ0) is 15.4. The fourth-order valence-electron chi connectivity index (χ4n) is 2.71. The predicted molar refractivity (Wildman–Crippen MR) is 92.1 cm³/mol. The second-order valence-electron chi connectivity index (χ2n) is 5.59. The highest BCUT2D eigenvalue weighted by Crippen LogP contribution is 2.24. The second-order valence-corrected chi connectivity index (χ2v) is 5.59. The van der Waals surface area contributed by atoms with E-state index >= 15 is 0 Å². The Morgan fingerprint density at radius 1 is 0.909 bits per heavy atom. The molecule has 2 nitrogen and oxygen atoms in total. The molecule has 0 aliphatic rings. The normalized spacial score (nSPS) is 12.0. The van der Waals surface area contributed by atoms with Gasteiger partial charge in [0.1, 0.15) is 0 Å². The van der Waals surface area contributed by atoms with Crippen LogP contribution in [0.4, 0.5) is 5.69 Å². The third kappa shape index (κ3) is 3.17. The van der Waals surface area contributed by atoms with E-state index in [1.165, 1.54) is 5.56 Å².